The predicted molar refractivity (Wildman–Crippen MR) is 22.7 cm³/mol. The van der Waals surface area contributed by atoms with E-state index in [0.717, 1.165) is 0 Å². The number of hydrogen-bond acceptors (Lipinski definition) is 3. The monoisotopic (exact) mass is 108 g/mol. The van der Waals surface area contributed by atoms with Crippen molar-refractivity contribution < 1.29 is 16.4 Å². The van der Waals surface area contributed by atoms with Gasteiger partial charge in [-0.05, 0) is 0 Å². The predicted octanol–water partition coefficient (Wildman–Crippen LogP) is -1.61. The molecule has 4 N–H and O–H groups in total. The summed E-state index contributed by atoms with van der Waals surface area (Å²) in [5, 5.41) is 16.1. The smallest absolute Gasteiger partial charge is 0.322 e. The number of aliphatic carboxylic acids is 1. The Morgan fingerprint density at radius 1 is 2.14 bits per heavy atom. The first-order valence-corrected chi connectivity index (χ1v) is 1.64. The molecule has 0 unspecified atom stereocenters. The van der Waals surface area contributed by atoms with Gasteiger partial charge >= 0.3 is 5.97 Å². The number of nitrogens with two attached hydrogens (primary N) is 1. The van der Waals surface area contributed by atoms with Crippen LogP contribution < -0.4 is 5.73 Å². The number of carboxylic acids is 1. The van der Waals surface area contributed by atoms with Gasteiger partial charge in [0.2, 0.25) is 0 Å². The maximum Gasteiger partial charge on any atom is 0.322 e. The molecule has 0 aliphatic rings. The summed E-state index contributed by atoms with van der Waals surface area (Å²) < 4.78 is 6.36. The molecule has 4 nitrogen and oxygen atoms in total. The number of rotatable bonds is 2. The maximum absolute atomic E-state index is 9.74. The third-order valence-corrected chi connectivity index (χ3v) is 0.446. The Kier molecular flexibility index (Phi) is 1.65. The highest BCUT2D eigenvalue weighted by atomic mass is 16.5. The lowest BCUT2D eigenvalue weighted by atomic mass is 10.5. The molecule has 0 radical (unpaired) electrons. The molecular weight excluding hydrogens is 100 g/mol. The number of carboxylic acid groups (broad SMARTS) is 1. The van der Waals surface area contributed by atoms with E-state index >= 15 is 0 Å². The molecular formula is C3H7NO3. The molecule has 42 valence electrons. The molecule has 0 heterocycles. The fourth-order valence-corrected chi connectivity index (χ4v) is 0.0638. The summed E-state index contributed by atoms with van der Waals surface area (Å²) in [5.74, 6) is -1.37. The Labute approximate surface area is 42.0 Å². The normalized spacial score (nSPS) is 20.0. The van der Waals surface area contributed by atoms with Crippen molar-refractivity contribution in [2.24, 2.45) is 5.73 Å². The van der Waals surface area contributed by atoms with Gasteiger partial charge in [0.15, 0.2) is 0 Å². The van der Waals surface area contributed by atoms with Gasteiger partial charge in [-0.2, -0.15) is 0 Å². The Balaban J connectivity index is 3.64. The first-order chi connectivity index (χ1) is 3.55. The minimum atomic E-state index is -1.73. The van der Waals surface area contributed by atoms with Gasteiger partial charge in [0.1, 0.15) is 6.04 Å². The zero-order valence-electron chi connectivity index (χ0n) is 4.53. The molecule has 7 heavy (non-hydrogen) atoms. The second-order valence-electron chi connectivity index (χ2n) is 1.01. The SMILES string of the molecule is [2H][C@@H](O)[C@H]([15NH2])[13C](=O)O. The summed E-state index contributed by atoms with van der Waals surface area (Å²) in [5.41, 5.74) is 4.72. The van der Waals surface area contributed by atoms with Crippen LogP contribution >= 0.6 is 0 Å². The Bertz CT molecular complexity index is 94.5. The Morgan fingerprint density at radius 2 is 2.57 bits per heavy atom. The van der Waals surface area contributed by atoms with E-state index in [1.54, 1.807) is 0 Å². The second-order valence-corrected chi connectivity index (χ2v) is 1.01. The van der Waals surface area contributed by atoms with E-state index in [1.165, 1.54) is 0 Å². The quantitative estimate of drug-likeness (QED) is 0.293. The number of aliphatic hydroxyl groups excluding tert-OH is 1. The highest BCUT2D eigenvalue weighted by molar-refractivity contribution is 5.73. The van der Waals surface area contributed by atoms with Gasteiger partial charge in [-0.25, -0.2) is 0 Å². The molecule has 0 aromatic heterocycles. The summed E-state index contributed by atoms with van der Waals surface area (Å²) >= 11 is 0. The van der Waals surface area contributed by atoms with Crippen molar-refractivity contribution in [1.82, 2.24) is 0 Å². The summed E-state index contributed by atoms with van der Waals surface area (Å²) in [6, 6.07) is -1.49. The lowest BCUT2D eigenvalue weighted by molar-refractivity contribution is -0.139. The van der Waals surface area contributed by atoms with E-state index in [1.807, 2.05) is 0 Å². The fourth-order valence-electron chi connectivity index (χ4n) is 0.0638. The molecule has 0 saturated heterocycles. The van der Waals surface area contributed by atoms with E-state index < -0.39 is 18.6 Å². The molecule has 0 spiro atoms. The van der Waals surface area contributed by atoms with Crippen LogP contribution in [0.3, 0.4) is 0 Å². The van der Waals surface area contributed by atoms with Gasteiger partial charge in [-0.15, -0.1) is 0 Å². The molecule has 0 aromatic carbocycles. The van der Waals surface area contributed by atoms with E-state index in [-0.39, 0.29) is 0 Å². The van der Waals surface area contributed by atoms with Gasteiger partial charge < -0.3 is 15.9 Å². The highest BCUT2D eigenvalue weighted by Crippen LogP contribution is 1.71. The first kappa shape index (κ1) is 4.55. The maximum atomic E-state index is 9.74. The minimum absolute atomic E-state index is 1.37. The van der Waals surface area contributed by atoms with Gasteiger partial charge in [-0.1, -0.05) is 0 Å². The topological polar surface area (TPSA) is 83.5 Å². The highest BCUT2D eigenvalue weighted by Gasteiger charge is 2.06. The van der Waals surface area contributed by atoms with Gasteiger partial charge in [0, 0.05) is 0 Å². The molecule has 0 aliphatic carbocycles. The van der Waals surface area contributed by atoms with Crippen LogP contribution in [-0.4, -0.2) is 28.8 Å². The summed E-state index contributed by atoms with van der Waals surface area (Å²) in [7, 11) is 0. The van der Waals surface area contributed by atoms with Crippen LogP contribution in [-0.2, 0) is 4.79 Å². The Morgan fingerprint density at radius 3 is 2.57 bits per heavy atom. The third kappa shape index (κ3) is 2.13. The second kappa shape index (κ2) is 2.54. The summed E-state index contributed by atoms with van der Waals surface area (Å²) in [6.45, 7) is -1.73. The standard InChI is InChI=1S/C3H7NO3/c4-2(1-5)3(6)7/h2,5H,1,4H2,(H,6,7)/t2-/m0/s1/i1D,3+1,4+1/t1-,2+/m1. The zero-order valence-corrected chi connectivity index (χ0v) is 3.53. The number of carbonyl (C=O) groups is 1. The minimum Gasteiger partial charge on any atom is -0.480 e. The third-order valence-electron chi connectivity index (χ3n) is 0.446. The van der Waals surface area contributed by atoms with Crippen molar-refractivity contribution in [2.75, 3.05) is 6.58 Å². The summed E-state index contributed by atoms with van der Waals surface area (Å²) in [6.07, 6.45) is 0. The zero-order chi connectivity index (χ0) is 6.73. The van der Waals surface area contributed by atoms with Crippen molar-refractivity contribution in [3.8, 4) is 0 Å². The van der Waals surface area contributed by atoms with Crippen LogP contribution in [0.4, 0.5) is 0 Å². The molecule has 0 saturated carbocycles. The van der Waals surface area contributed by atoms with E-state index in [0.29, 0.717) is 0 Å². The van der Waals surface area contributed by atoms with Crippen LogP contribution in [0.5, 0.6) is 0 Å². The number of hydrogen-bond donors (Lipinski definition) is 3. The molecule has 0 aliphatic heterocycles. The van der Waals surface area contributed by atoms with Crippen molar-refractivity contribution in [1.29, 1.82) is 0 Å². The molecule has 0 aromatic rings. The van der Waals surface area contributed by atoms with E-state index in [9.17, 15) is 4.79 Å². The van der Waals surface area contributed by atoms with Crippen LogP contribution in [0, 0.1) is 0 Å². The van der Waals surface area contributed by atoms with Gasteiger partial charge in [-0.3, -0.25) is 4.79 Å². The van der Waals surface area contributed by atoms with Gasteiger partial charge in [0.05, 0.1) is 7.95 Å². The largest absolute Gasteiger partial charge is 0.480 e. The molecule has 0 amide bonds. The lowest BCUT2D eigenvalue weighted by Crippen LogP contribution is -2.33. The Hall–Kier alpha value is -0.610. The van der Waals surface area contributed by atoms with Crippen molar-refractivity contribution in [3.05, 3.63) is 0 Å². The molecule has 0 rings (SSSR count). The van der Waals surface area contributed by atoms with Crippen molar-refractivity contribution >= 4 is 5.97 Å². The number of aliphatic hydroxyl groups is 1. The first-order valence-electron chi connectivity index (χ1n) is 2.22. The average molecular weight is 108 g/mol. The van der Waals surface area contributed by atoms with Crippen LogP contribution in [0.1, 0.15) is 1.37 Å². The summed E-state index contributed by atoms with van der Waals surface area (Å²) in [4.78, 5) is 9.74. The van der Waals surface area contributed by atoms with E-state index in [4.69, 9.17) is 17.3 Å². The van der Waals surface area contributed by atoms with E-state index in [2.05, 4.69) is 0 Å². The molecule has 0 fully saturated rings. The fraction of sp³-hybridized carbons (Fsp3) is 0.667. The molecule has 0 bridgehead atoms. The molecule has 2 atom stereocenters. The van der Waals surface area contributed by atoms with Crippen LogP contribution in [0.15, 0.2) is 0 Å². The van der Waals surface area contributed by atoms with Gasteiger partial charge in [0.25, 0.3) is 0 Å². The van der Waals surface area contributed by atoms with Crippen LogP contribution in [0.25, 0.3) is 0 Å². The van der Waals surface area contributed by atoms with Crippen LogP contribution in [0.2, 0.25) is 0 Å². The van der Waals surface area contributed by atoms with Crippen molar-refractivity contribution in [3.63, 3.8) is 0 Å². The average Bonchev–Trinajstić information content (AvgIpc) is 1.64. The lowest BCUT2D eigenvalue weighted by Gasteiger charge is -1.96. The van der Waals surface area contributed by atoms with Crippen molar-refractivity contribution in [2.45, 2.75) is 6.04 Å². The molecule has 4 heteroatoms.